The number of carbonyl (C=O) groups is 1. The van der Waals surface area contributed by atoms with E-state index in [2.05, 4.69) is 0 Å². The minimum atomic E-state index is 0.334. The summed E-state index contributed by atoms with van der Waals surface area (Å²) in [6.07, 6.45) is 0.688. The van der Waals surface area contributed by atoms with Gasteiger partial charge in [0.15, 0.2) is 12.0 Å². The van der Waals surface area contributed by atoms with Gasteiger partial charge >= 0.3 is 0 Å². The third kappa shape index (κ3) is 1.33. The average molecular weight is 195 g/mol. The van der Waals surface area contributed by atoms with Gasteiger partial charge in [-0.3, -0.25) is 4.79 Å². The van der Waals surface area contributed by atoms with Crippen molar-refractivity contribution in [2.45, 2.75) is 6.92 Å². The summed E-state index contributed by atoms with van der Waals surface area (Å²) in [4.78, 5) is 10.4. The monoisotopic (exact) mass is 194 g/mol. The van der Waals surface area contributed by atoms with Crippen LogP contribution in [0.3, 0.4) is 0 Å². The third-order valence-electron chi connectivity index (χ3n) is 1.90. The molecule has 2 rings (SSSR count). The van der Waals surface area contributed by atoms with Crippen molar-refractivity contribution in [3.8, 4) is 0 Å². The molecule has 0 bridgehead atoms. The molecule has 0 radical (unpaired) electrons. The summed E-state index contributed by atoms with van der Waals surface area (Å²) in [6, 6.07) is 5.27. The molecule has 0 N–H and O–H groups in total. The van der Waals surface area contributed by atoms with Crippen LogP contribution < -0.4 is 0 Å². The number of hydrogen-bond acceptors (Lipinski definition) is 2. The summed E-state index contributed by atoms with van der Waals surface area (Å²) in [6.45, 7) is 1.90. The van der Waals surface area contributed by atoms with Crippen molar-refractivity contribution in [2.75, 3.05) is 0 Å². The van der Waals surface area contributed by atoms with Crippen molar-refractivity contribution < 1.29 is 9.21 Å². The van der Waals surface area contributed by atoms with Gasteiger partial charge in [0.05, 0.1) is 0 Å². The number of benzene rings is 1. The lowest BCUT2D eigenvalue weighted by Gasteiger charge is -1.94. The van der Waals surface area contributed by atoms with Gasteiger partial charge in [0.1, 0.15) is 5.58 Å². The lowest BCUT2D eigenvalue weighted by atomic mass is 10.2. The summed E-state index contributed by atoms with van der Waals surface area (Å²) in [5.41, 5.74) is 1.67. The van der Waals surface area contributed by atoms with E-state index in [0.717, 1.165) is 16.5 Å². The lowest BCUT2D eigenvalue weighted by Crippen LogP contribution is -1.72. The maximum absolute atomic E-state index is 10.4. The van der Waals surface area contributed by atoms with E-state index in [1.165, 1.54) is 0 Å². The number of furan rings is 1. The third-order valence-corrected chi connectivity index (χ3v) is 2.12. The maximum atomic E-state index is 10.4. The highest BCUT2D eigenvalue weighted by atomic mass is 35.5. The molecule has 2 aromatic rings. The van der Waals surface area contributed by atoms with Gasteiger partial charge in [0, 0.05) is 10.4 Å². The van der Waals surface area contributed by atoms with E-state index in [1.807, 2.05) is 13.0 Å². The zero-order valence-corrected chi connectivity index (χ0v) is 7.76. The normalized spacial score (nSPS) is 10.6. The van der Waals surface area contributed by atoms with Crippen molar-refractivity contribution in [1.82, 2.24) is 0 Å². The van der Waals surface area contributed by atoms with E-state index in [-0.39, 0.29) is 0 Å². The van der Waals surface area contributed by atoms with Crippen molar-refractivity contribution in [1.29, 1.82) is 0 Å². The topological polar surface area (TPSA) is 30.2 Å². The number of hydrogen-bond donors (Lipinski definition) is 0. The van der Waals surface area contributed by atoms with Gasteiger partial charge in [-0.15, -0.1) is 0 Å². The molecule has 0 atom stereocenters. The van der Waals surface area contributed by atoms with Crippen molar-refractivity contribution in [3.63, 3.8) is 0 Å². The second kappa shape index (κ2) is 2.89. The number of aryl methyl sites for hydroxylation is 1. The molecule has 0 aliphatic heterocycles. The highest BCUT2D eigenvalue weighted by molar-refractivity contribution is 6.31. The summed E-state index contributed by atoms with van der Waals surface area (Å²) in [7, 11) is 0. The van der Waals surface area contributed by atoms with E-state index in [1.54, 1.807) is 12.1 Å². The van der Waals surface area contributed by atoms with Crippen LogP contribution in [0.15, 0.2) is 22.6 Å². The summed E-state index contributed by atoms with van der Waals surface area (Å²) in [5.74, 6) is 0.334. The highest BCUT2D eigenvalue weighted by Crippen LogP contribution is 2.25. The first-order valence-corrected chi connectivity index (χ1v) is 4.23. The molecule has 0 spiro atoms. The highest BCUT2D eigenvalue weighted by Gasteiger charge is 2.06. The van der Waals surface area contributed by atoms with Crippen LogP contribution in [0.5, 0.6) is 0 Å². The molecule has 0 saturated carbocycles. The van der Waals surface area contributed by atoms with Crippen LogP contribution in [0.1, 0.15) is 16.1 Å². The van der Waals surface area contributed by atoms with Crippen molar-refractivity contribution in [2.24, 2.45) is 0 Å². The molecule has 0 saturated heterocycles. The Kier molecular flexibility index (Phi) is 1.85. The van der Waals surface area contributed by atoms with E-state index in [9.17, 15) is 4.79 Å². The van der Waals surface area contributed by atoms with E-state index in [4.69, 9.17) is 16.0 Å². The summed E-state index contributed by atoms with van der Waals surface area (Å²) >= 11 is 5.85. The van der Waals surface area contributed by atoms with Gasteiger partial charge in [0.25, 0.3) is 0 Å². The van der Waals surface area contributed by atoms with Gasteiger partial charge in [-0.25, -0.2) is 0 Å². The molecule has 1 aromatic heterocycles. The molecule has 0 aliphatic carbocycles. The molecule has 0 aliphatic rings. The average Bonchev–Trinajstić information content (AvgIpc) is 2.47. The predicted molar refractivity (Wildman–Crippen MR) is 51.3 cm³/mol. The minimum Gasteiger partial charge on any atom is -0.453 e. The first-order valence-electron chi connectivity index (χ1n) is 3.85. The number of halogens is 1. The molecule has 0 unspecified atom stereocenters. The van der Waals surface area contributed by atoms with Crippen LogP contribution in [-0.2, 0) is 0 Å². The molecule has 2 nitrogen and oxygen atoms in total. The SMILES string of the molecule is Cc1cc(Cl)cc2cc(C=O)oc12. The van der Waals surface area contributed by atoms with Gasteiger partial charge in [-0.2, -0.15) is 0 Å². The fraction of sp³-hybridized carbons (Fsp3) is 0.100. The Labute approximate surface area is 80.1 Å². The zero-order chi connectivity index (χ0) is 9.42. The number of fused-ring (bicyclic) bond motifs is 1. The van der Waals surface area contributed by atoms with Crippen LogP contribution >= 0.6 is 11.6 Å². The largest absolute Gasteiger partial charge is 0.453 e. The number of aldehydes is 1. The van der Waals surface area contributed by atoms with Crippen LogP contribution in [-0.4, -0.2) is 6.29 Å². The molecule has 1 aromatic carbocycles. The molecular weight excluding hydrogens is 188 g/mol. The number of carbonyl (C=O) groups excluding carboxylic acids is 1. The predicted octanol–water partition coefficient (Wildman–Crippen LogP) is 3.21. The molecular formula is C10H7ClO2. The first-order chi connectivity index (χ1) is 6.20. The van der Waals surface area contributed by atoms with Gasteiger partial charge < -0.3 is 4.42 Å². The Bertz CT molecular complexity index is 471. The molecule has 0 amide bonds. The number of rotatable bonds is 1. The first kappa shape index (κ1) is 8.32. The maximum Gasteiger partial charge on any atom is 0.185 e. The minimum absolute atomic E-state index is 0.334. The quantitative estimate of drug-likeness (QED) is 0.653. The molecule has 13 heavy (non-hydrogen) atoms. The molecule has 1 heterocycles. The van der Waals surface area contributed by atoms with Crippen LogP contribution in [0.25, 0.3) is 11.0 Å². The fourth-order valence-electron chi connectivity index (χ4n) is 1.36. The lowest BCUT2D eigenvalue weighted by molar-refractivity contribution is 0.110. The Hall–Kier alpha value is -1.28. The second-order valence-corrected chi connectivity index (χ2v) is 3.34. The fourth-order valence-corrected chi connectivity index (χ4v) is 1.64. The Balaban J connectivity index is 2.82. The molecule has 0 fully saturated rings. The second-order valence-electron chi connectivity index (χ2n) is 2.91. The molecule has 3 heteroatoms. The van der Waals surface area contributed by atoms with Gasteiger partial charge in [-0.1, -0.05) is 11.6 Å². The standard InChI is InChI=1S/C10H7ClO2/c1-6-2-8(11)3-7-4-9(5-12)13-10(6)7/h2-5H,1H3. The summed E-state index contributed by atoms with van der Waals surface area (Å²) < 4.78 is 5.28. The van der Waals surface area contributed by atoms with Gasteiger partial charge in [-0.05, 0) is 30.7 Å². The van der Waals surface area contributed by atoms with Gasteiger partial charge in [0.2, 0.25) is 0 Å². The Morgan fingerprint density at radius 1 is 1.38 bits per heavy atom. The van der Waals surface area contributed by atoms with E-state index < -0.39 is 0 Å². The van der Waals surface area contributed by atoms with E-state index >= 15 is 0 Å². The van der Waals surface area contributed by atoms with Crippen molar-refractivity contribution in [3.05, 3.63) is 34.5 Å². The van der Waals surface area contributed by atoms with Crippen LogP contribution in [0.2, 0.25) is 5.02 Å². The molecule has 66 valence electrons. The Morgan fingerprint density at radius 2 is 2.15 bits per heavy atom. The summed E-state index contributed by atoms with van der Waals surface area (Å²) in [5, 5.41) is 1.52. The van der Waals surface area contributed by atoms with Crippen molar-refractivity contribution >= 4 is 28.9 Å². The Morgan fingerprint density at radius 3 is 2.85 bits per heavy atom. The van der Waals surface area contributed by atoms with E-state index in [0.29, 0.717) is 17.1 Å². The van der Waals surface area contributed by atoms with Crippen LogP contribution in [0.4, 0.5) is 0 Å². The van der Waals surface area contributed by atoms with Crippen LogP contribution in [0, 0.1) is 6.92 Å². The smallest absolute Gasteiger partial charge is 0.185 e. The zero-order valence-electron chi connectivity index (χ0n) is 7.00.